The van der Waals surface area contributed by atoms with Crippen LogP contribution in [0.3, 0.4) is 0 Å². The average Bonchev–Trinajstić information content (AvgIpc) is 3.22. The molecule has 4 unspecified atom stereocenters. The van der Waals surface area contributed by atoms with Gasteiger partial charge in [0, 0.05) is 0 Å². The molecule has 1 aliphatic carbocycles. The van der Waals surface area contributed by atoms with Gasteiger partial charge in [-0.05, 0) is 81.0 Å². The highest BCUT2D eigenvalue weighted by molar-refractivity contribution is 5.04. The van der Waals surface area contributed by atoms with Crippen molar-refractivity contribution in [1.82, 2.24) is 0 Å². The topological polar surface area (TPSA) is 0 Å². The Labute approximate surface area is 171 Å². The first-order valence-corrected chi connectivity index (χ1v) is 11.8. The summed E-state index contributed by atoms with van der Waals surface area (Å²) >= 11 is 0. The van der Waals surface area contributed by atoms with Crippen LogP contribution in [-0.2, 0) is 0 Å². The molecule has 0 heterocycles. The Morgan fingerprint density at radius 3 is 2.41 bits per heavy atom. The van der Waals surface area contributed by atoms with E-state index in [9.17, 15) is 0 Å². The smallest absolute Gasteiger partial charge is 0.0207 e. The summed E-state index contributed by atoms with van der Waals surface area (Å²) in [6.45, 7) is 18.1. The van der Waals surface area contributed by atoms with Crippen molar-refractivity contribution >= 4 is 0 Å². The standard InChI is InChI=1S/C27H48/c1-8-9-10-11-12-13-14-15-18-27(7)21-26(27)20-25(23(4)5)17-16-24(6)19-22(2)3/h10-11,16-17,23-26H,2,8-9,12-15,18-21H2,1,3-7H3. The fourth-order valence-electron chi connectivity index (χ4n) is 4.40. The van der Waals surface area contributed by atoms with E-state index < -0.39 is 0 Å². The van der Waals surface area contributed by atoms with Crippen molar-refractivity contribution < 1.29 is 0 Å². The van der Waals surface area contributed by atoms with E-state index >= 15 is 0 Å². The maximum Gasteiger partial charge on any atom is -0.0207 e. The summed E-state index contributed by atoms with van der Waals surface area (Å²) in [5, 5.41) is 0. The summed E-state index contributed by atoms with van der Waals surface area (Å²) < 4.78 is 0. The van der Waals surface area contributed by atoms with E-state index in [1.165, 1.54) is 63.4 Å². The minimum Gasteiger partial charge on any atom is -0.100 e. The molecule has 0 aromatic heterocycles. The minimum absolute atomic E-state index is 0.626. The van der Waals surface area contributed by atoms with Crippen molar-refractivity contribution in [2.75, 3.05) is 0 Å². The Balaban J connectivity index is 2.30. The van der Waals surface area contributed by atoms with Crippen LogP contribution in [0.15, 0.2) is 36.5 Å². The van der Waals surface area contributed by atoms with Gasteiger partial charge in [0.2, 0.25) is 0 Å². The Bertz CT molecular complexity index is 466. The van der Waals surface area contributed by atoms with E-state index in [1.807, 2.05) is 0 Å². The lowest BCUT2D eigenvalue weighted by atomic mass is 9.86. The van der Waals surface area contributed by atoms with Gasteiger partial charge in [0.05, 0.1) is 0 Å². The van der Waals surface area contributed by atoms with Crippen molar-refractivity contribution in [3.05, 3.63) is 36.5 Å². The molecule has 1 rings (SSSR count). The van der Waals surface area contributed by atoms with Gasteiger partial charge in [-0.15, -0.1) is 6.58 Å². The molecule has 0 radical (unpaired) electrons. The predicted molar refractivity (Wildman–Crippen MR) is 124 cm³/mol. The van der Waals surface area contributed by atoms with Crippen molar-refractivity contribution in [2.24, 2.45) is 29.1 Å². The number of hydrogen-bond donors (Lipinski definition) is 0. The van der Waals surface area contributed by atoms with Gasteiger partial charge >= 0.3 is 0 Å². The quantitative estimate of drug-likeness (QED) is 0.198. The third kappa shape index (κ3) is 10.4. The number of allylic oxidation sites excluding steroid dienone is 5. The predicted octanol–water partition coefficient (Wildman–Crippen LogP) is 9.14. The maximum atomic E-state index is 4.06. The van der Waals surface area contributed by atoms with Crippen molar-refractivity contribution in [3.63, 3.8) is 0 Å². The van der Waals surface area contributed by atoms with E-state index in [-0.39, 0.29) is 0 Å². The van der Waals surface area contributed by atoms with Crippen LogP contribution in [0.25, 0.3) is 0 Å². The van der Waals surface area contributed by atoms with Crippen LogP contribution in [0.2, 0.25) is 0 Å². The van der Waals surface area contributed by atoms with E-state index in [4.69, 9.17) is 0 Å². The molecule has 0 aliphatic heterocycles. The molecule has 0 spiro atoms. The molecule has 0 nitrogen and oxygen atoms in total. The third-order valence-corrected chi connectivity index (χ3v) is 6.55. The highest BCUT2D eigenvalue weighted by Gasteiger charge is 2.49. The van der Waals surface area contributed by atoms with Crippen molar-refractivity contribution in [2.45, 2.75) is 106 Å². The number of rotatable bonds is 15. The zero-order valence-corrected chi connectivity index (χ0v) is 19.4. The first kappa shape index (κ1) is 24.3. The van der Waals surface area contributed by atoms with E-state index in [2.05, 4.69) is 72.4 Å². The first-order chi connectivity index (χ1) is 12.8. The van der Waals surface area contributed by atoms with Crippen LogP contribution in [0.5, 0.6) is 0 Å². The highest BCUT2D eigenvalue weighted by Crippen LogP contribution is 2.59. The molecule has 156 valence electrons. The van der Waals surface area contributed by atoms with Crippen molar-refractivity contribution in [1.29, 1.82) is 0 Å². The molecule has 0 bridgehead atoms. The highest BCUT2D eigenvalue weighted by atomic mass is 14.5. The van der Waals surface area contributed by atoms with Gasteiger partial charge in [-0.3, -0.25) is 0 Å². The molecule has 0 aromatic carbocycles. The molecule has 0 amide bonds. The molecule has 27 heavy (non-hydrogen) atoms. The number of unbranched alkanes of at least 4 members (excludes halogenated alkanes) is 4. The van der Waals surface area contributed by atoms with E-state index in [0.29, 0.717) is 11.3 Å². The molecular formula is C27H48. The van der Waals surface area contributed by atoms with Gasteiger partial charge < -0.3 is 0 Å². The second-order valence-electron chi connectivity index (χ2n) is 10.1. The summed E-state index contributed by atoms with van der Waals surface area (Å²) in [4.78, 5) is 0. The molecule has 1 saturated carbocycles. The van der Waals surface area contributed by atoms with Crippen LogP contribution in [0, 0.1) is 29.1 Å². The Morgan fingerprint density at radius 2 is 1.78 bits per heavy atom. The Hall–Kier alpha value is -0.780. The Morgan fingerprint density at radius 1 is 1.07 bits per heavy atom. The monoisotopic (exact) mass is 372 g/mol. The van der Waals surface area contributed by atoms with Gasteiger partial charge in [-0.2, -0.15) is 0 Å². The van der Waals surface area contributed by atoms with Crippen molar-refractivity contribution in [3.8, 4) is 0 Å². The molecule has 1 aliphatic rings. The lowest BCUT2D eigenvalue weighted by Crippen LogP contribution is -2.10. The second kappa shape index (κ2) is 12.6. The average molecular weight is 373 g/mol. The molecule has 0 heteroatoms. The zero-order valence-electron chi connectivity index (χ0n) is 19.4. The molecule has 1 fully saturated rings. The summed E-state index contributed by atoms with van der Waals surface area (Å²) in [5.41, 5.74) is 1.94. The normalized spacial score (nSPS) is 24.8. The van der Waals surface area contributed by atoms with Crippen LogP contribution in [0.4, 0.5) is 0 Å². The second-order valence-corrected chi connectivity index (χ2v) is 10.1. The maximum absolute atomic E-state index is 4.06. The van der Waals surface area contributed by atoms with Crippen LogP contribution >= 0.6 is 0 Å². The lowest BCUT2D eigenvalue weighted by Gasteiger charge is -2.20. The first-order valence-electron chi connectivity index (χ1n) is 11.8. The van der Waals surface area contributed by atoms with E-state index in [0.717, 1.165) is 24.2 Å². The lowest BCUT2D eigenvalue weighted by molar-refractivity contribution is 0.356. The van der Waals surface area contributed by atoms with E-state index in [1.54, 1.807) is 0 Å². The summed E-state index contributed by atoms with van der Waals surface area (Å²) in [5.74, 6) is 3.07. The number of hydrogen-bond acceptors (Lipinski definition) is 0. The largest absolute Gasteiger partial charge is 0.100 e. The van der Waals surface area contributed by atoms with Gasteiger partial charge in [0.15, 0.2) is 0 Å². The summed E-state index contributed by atoms with van der Waals surface area (Å²) in [6.07, 6.45) is 23.1. The minimum atomic E-state index is 0.626. The van der Waals surface area contributed by atoms with Gasteiger partial charge in [0.25, 0.3) is 0 Å². The molecule has 0 saturated heterocycles. The van der Waals surface area contributed by atoms with Crippen LogP contribution in [-0.4, -0.2) is 0 Å². The van der Waals surface area contributed by atoms with Gasteiger partial charge in [-0.25, -0.2) is 0 Å². The fourth-order valence-corrected chi connectivity index (χ4v) is 4.40. The fraction of sp³-hybridized carbons (Fsp3) is 0.778. The molecule has 0 aromatic rings. The SMILES string of the molecule is C=C(C)CC(C)C=CC(CC1CC1(C)CCCCCC=CCCC)C(C)C. The van der Waals surface area contributed by atoms with Crippen LogP contribution in [0.1, 0.15) is 106 Å². The summed E-state index contributed by atoms with van der Waals surface area (Å²) in [7, 11) is 0. The summed E-state index contributed by atoms with van der Waals surface area (Å²) in [6, 6.07) is 0. The molecule has 0 N–H and O–H groups in total. The van der Waals surface area contributed by atoms with Gasteiger partial charge in [-0.1, -0.05) is 83.8 Å². The molecular weight excluding hydrogens is 324 g/mol. The molecule has 4 atom stereocenters. The Kier molecular flexibility index (Phi) is 11.4. The third-order valence-electron chi connectivity index (χ3n) is 6.55. The zero-order chi connectivity index (χ0) is 20.3. The van der Waals surface area contributed by atoms with Crippen LogP contribution < -0.4 is 0 Å². The van der Waals surface area contributed by atoms with Gasteiger partial charge in [0.1, 0.15) is 0 Å².